The topological polar surface area (TPSA) is 61.4 Å². The summed E-state index contributed by atoms with van der Waals surface area (Å²) in [4.78, 5) is 10.9. The molecule has 1 fully saturated rings. The molecule has 0 saturated carbocycles. The monoisotopic (exact) mass is 178 g/mol. The molecular formula is C9H10N2O2. The second-order valence-corrected chi connectivity index (χ2v) is 2.97. The van der Waals surface area contributed by atoms with Crippen molar-refractivity contribution < 1.29 is 9.90 Å². The van der Waals surface area contributed by atoms with Gasteiger partial charge in [-0.15, -0.1) is 0 Å². The first-order valence-electron chi connectivity index (χ1n) is 4.07. The molecule has 1 heterocycles. The van der Waals surface area contributed by atoms with E-state index in [9.17, 15) is 9.90 Å². The summed E-state index contributed by atoms with van der Waals surface area (Å²) in [6.45, 7) is 0. The largest absolute Gasteiger partial charge is 0.381 e. The fourth-order valence-electron chi connectivity index (χ4n) is 1.38. The number of benzene rings is 1. The van der Waals surface area contributed by atoms with Gasteiger partial charge in [0, 0.05) is 0 Å². The van der Waals surface area contributed by atoms with Gasteiger partial charge < -0.3 is 5.11 Å². The predicted octanol–water partition coefficient (Wildman–Crippen LogP) is -0.277. The molecule has 1 aromatic carbocycles. The quantitative estimate of drug-likeness (QED) is 0.554. The maximum Gasteiger partial charge on any atom is 0.264 e. The van der Waals surface area contributed by atoms with Gasteiger partial charge in [0.25, 0.3) is 5.91 Å². The van der Waals surface area contributed by atoms with Gasteiger partial charge in [0.15, 0.2) is 6.10 Å². The molecule has 0 aliphatic carbocycles. The maximum atomic E-state index is 10.9. The molecular weight excluding hydrogens is 168 g/mol. The molecule has 0 radical (unpaired) electrons. The lowest BCUT2D eigenvalue weighted by Gasteiger charge is -2.11. The average molecular weight is 178 g/mol. The first kappa shape index (κ1) is 8.22. The third-order valence-corrected chi connectivity index (χ3v) is 2.09. The van der Waals surface area contributed by atoms with E-state index in [1.807, 2.05) is 30.3 Å². The summed E-state index contributed by atoms with van der Waals surface area (Å²) in [6.07, 6.45) is -0.998. The van der Waals surface area contributed by atoms with E-state index >= 15 is 0 Å². The van der Waals surface area contributed by atoms with E-state index in [2.05, 4.69) is 10.9 Å². The Bertz CT molecular complexity index is 313. The second-order valence-electron chi connectivity index (χ2n) is 2.97. The van der Waals surface area contributed by atoms with Crippen LogP contribution in [0.1, 0.15) is 11.6 Å². The Balaban J connectivity index is 2.24. The van der Waals surface area contributed by atoms with Crippen molar-refractivity contribution in [1.82, 2.24) is 10.9 Å². The molecule has 68 valence electrons. The Labute approximate surface area is 75.5 Å². The molecule has 1 aromatic rings. The number of amides is 1. The van der Waals surface area contributed by atoms with Gasteiger partial charge in [0.1, 0.15) is 0 Å². The Morgan fingerprint density at radius 2 is 1.92 bits per heavy atom. The van der Waals surface area contributed by atoms with E-state index in [1.165, 1.54) is 0 Å². The van der Waals surface area contributed by atoms with Gasteiger partial charge in [-0.05, 0) is 5.56 Å². The van der Waals surface area contributed by atoms with Crippen LogP contribution in [0.25, 0.3) is 0 Å². The number of hydrazine groups is 1. The highest BCUT2D eigenvalue weighted by Gasteiger charge is 2.33. The standard InChI is InChI=1S/C9H10N2O2/c12-8-7(10-11-9(8)13)6-4-2-1-3-5-6/h1-5,7-8,10,12H,(H,11,13). The van der Waals surface area contributed by atoms with Crippen molar-refractivity contribution in [1.29, 1.82) is 0 Å². The zero-order chi connectivity index (χ0) is 9.26. The van der Waals surface area contributed by atoms with Crippen molar-refractivity contribution >= 4 is 5.91 Å². The summed E-state index contributed by atoms with van der Waals surface area (Å²) in [7, 11) is 0. The van der Waals surface area contributed by atoms with Crippen molar-refractivity contribution in [3.05, 3.63) is 35.9 Å². The van der Waals surface area contributed by atoms with Gasteiger partial charge in [-0.1, -0.05) is 30.3 Å². The van der Waals surface area contributed by atoms with Crippen molar-refractivity contribution in [2.24, 2.45) is 0 Å². The summed E-state index contributed by atoms with van der Waals surface area (Å²) in [5.41, 5.74) is 6.00. The summed E-state index contributed by atoms with van der Waals surface area (Å²) >= 11 is 0. The first-order valence-corrected chi connectivity index (χ1v) is 4.07. The molecule has 0 aromatic heterocycles. The average Bonchev–Trinajstić information content (AvgIpc) is 2.49. The number of carbonyl (C=O) groups is 1. The summed E-state index contributed by atoms with van der Waals surface area (Å²) < 4.78 is 0. The van der Waals surface area contributed by atoms with Gasteiger partial charge in [-0.3, -0.25) is 10.2 Å². The predicted molar refractivity (Wildman–Crippen MR) is 46.5 cm³/mol. The van der Waals surface area contributed by atoms with Crippen molar-refractivity contribution in [3.8, 4) is 0 Å². The smallest absolute Gasteiger partial charge is 0.264 e. The number of carbonyl (C=O) groups excluding carboxylic acids is 1. The molecule has 13 heavy (non-hydrogen) atoms. The Morgan fingerprint density at radius 3 is 2.46 bits per heavy atom. The third kappa shape index (κ3) is 1.41. The minimum absolute atomic E-state index is 0.339. The van der Waals surface area contributed by atoms with Crippen molar-refractivity contribution in [3.63, 3.8) is 0 Å². The Hall–Kier alpha value is -1.39. The fraction of sp³-hybridized carbons (Fsp3) is 0.222. The van der Waals surface area contributed by atoms with Gasteiger partial charge >= 0.3 is 0 Å². The molecule has 0 spiro atoms. The molecule has 1 aliphatic rings. The Morgan fingerprint density at radius 1 is 1.23 bits per heavy atom. The van der Waals surface area contributed by atoms with E-state index in [1.54, 1.807) is 0 Å². The number of rotatable bonds is 1. The molecule has 2 rings (SSSR count). The summed E-state index contributed by atoms with van der Waals surface area (Å²) in [6, 6.07) is 9.01. The molecule has 1 amide bonds. The van der Waals surface area contributed by atoms with Crippen LogP contribution in [0.15, 0.2) is 30.3 Å². The number of nitrogens with one attached hydrogen (secondary N) is 2. The van der Waals surface area contributed by atoms with E-state index < -0.39 is 6.10 Å². The summed E-state index contributed by atoms with van der Waals surface area (Å²) in [5.74, 6) is -0.381. The van der Waals surface area contributed by atoms with Gasteiger partial charge in [0.2, 0.25) is 0 Å². The van der Waals surface area contributed by atoms with Gasteiger partial charge in [-0.2, -0.15) is 0 Å². The zero-order valence-corrected chi connectivity index (χ0v) is 6.90. The lowest BCUT2D eigenvalue weighted by atomic mass is 10.0. The van der Waals surface area contributed by atoms with Crippen LogP contribution in [0.2, 0.25) is 0 Å². The molecule has 4 nitrogen and oxygen atoms in total. The molecule has 1 saturated heterocycles. The van der Waals surface area contributed by atoms with Crippen molar-refractivity contribution in [2.45, 2.75) is 12.1 Å². The molecule has 0 bridgehead atoms. The van der Waals surface area contributed by atoms with Gasteiger partial charge in [-0.25, -0.2) is 5.43 Å². The van der Waals surface area contributed by atoms with Crippen molar-refractivity contribution in [2.75, 3.05) is 0 Å². The number of aliphatic hydroxyl groups excluding tert-OH is 1. The highest BCUT2D eigenvalue weighted by atomic mass is 16.3. The maximum absolute atomic E-state index is 10.9. The molecule has 3 N–H and O–H groups in total. The number of aliphatic hydroxyl groups is 1. The van der Waals surface area contributed by atoms with Crippen LogP contribution in [-0.4, -0.2) is 17.1 Å². The molecule has 1 aliphatic heterocycles. The fourth-order valence-corrected chi connectivity index (χ4v) is 1.38. The van der Waals surface area contributed by atoms with Crippen LogP contribution in [0.3, 0.4) is 0 Å². The molecule has 2 unspecified atom stereocenters. The molecule has 2 atom stereocenters. The van der Waals surface area contributed by atoms with Crippen LogP contribution in [0.4, 0.5) is 0 Å². The summed E-state index contributed by atoms with van der Waals surface area (Å²) in [5, 5.41) is 9.44. The minimum atomic E-state index is -0.998. The van der Waals surface area contributed by atoms with E-state index in [0.717, 1.165) is 5.56 Å². The van der Waals surface area contributed by atoms with Crippen LogP contribution in [0, 0.1) is 0 Å². The SMILES string of the molecule is O=C1NNC(c2ccccc2)C1O. The van der Waals surface area contributed by atoms with Crippen LogP contribution >= 0.6 is 0 Å². The van der Waals surface area contributed by atoms with E-state index in [4.69, 9.17) is 0 Å². The lowest BCUT2D eigenvalue weighted by molar-refractivity contribution is -0.126. The second kappa shape index (κ2) is 3.16. The highest BCUT2D eigenvalue weighted by molar-refractivity contribution is 5.83. The highest BCUT2D eigenvalue weighted by Crippen LogP contribution is 2.19. The van der Waals surface area contributed by atoms with Crippen LogP contribution in [0.5, 0.6) is 0 Å². The van der Waals surface area contributed by atoms with Gasteiger partial charge in [0.05, 0.1) is 6.04 Å². The Kier molecular flexibility index (Phi) is 2.00. The normalized spacial score (nSPS) is 27.3. The third-order valence-electron chi connectivity index (χ3n) is 2.09. The van der Waals surface area contributed by atoms with E-state index in [-0.39, 0.29) is 11.9 Å². The van der Waals surface area contributed by atoms with Crippen LogP contribution < -0.4 is 10.9 Å². The lowest BCUT2D eigenvalue weighted by Crippen LogP contribution is -2.27. The zero-order valence-electron chi connectivity index (χ0n) is 6.90. The first-order chi connectivity index (χ1) is 6.29. The van der Waals surface area contributed by atoms with E-state index in [0.29, 0.717) is 0 Å². The molecule has 4 heteroatoms. The number of hydrogen-bond donors (Lipinski definition) is 3. The number of hydrogen-bond acceptors (Lipinski definition) is 3. The minimum Gasteiger partial charge on any atom is -0.381 e. The van der Waals surface area contributed by atoms with Crippen LogP contribution in [-0.2, 0) is 4.79 Å².